The molecule has 1 fully saturated rings. The number of thiocarbonyl (C=S) groups is 1. The standard InChI is InChI=1S/C16H17N2O4PS3/c1-3-17-11-8-10(2)4-5-12(11)25-14(17)7-6-13-15(19)18(16(24)26-13)9-23(20,21)22/h4-8H,3,9H2,1-2H3,(H2,20,21,22)/b13-6+,14-7-. The van der Waals surface area contributed by atoms with Crippen LogP contribution in [0.25, 0.3) is 0 Å². The van der Waals surface area contributed by atoms with Crippen LogP contribution in [0.4, 0.5) is 5.69 Å². The van der Waals surface area contributed by atoms with Crippen molar-refractivity contribution in [3.8, 4) is 0 Å². The average Bonchev–Trinajstić information content (AvgIpc) is 3.03. The lowest BCUT2D eigenvalue weighted by atomic mass is 10.2. The summed E-state index contributed by atoms with van der Waals surface area (Å²) in [5, 5.41) is 0.994. The highest BCUT2D eigenvalue weighted by molar-refractivity contribution is 8.26. The van der Waals surface area contributed by atoms with Crippen LogP contribution in [0.5, 0.6) is 0 Å². The van der Waals surface area contributed by atoms with Crippen LogP contribution in [-0.4, -0.2) is 37.7 Å². The molecule has 2 aliphatic rings. The quantitative estimate of drug-likeness (QED) is 0.427. The van der Waals surface area contributed by atoms with Gasteiger partial charge in [0.25, 0.3) is 5.91 Å². The Bertz CT molecular complexity index is 893. The normalized spacial score (nSPS) is 20.6. The van der Waals surface area contributed by atoms with Crippen molar-refractivity contribution in [1.29, 1.82) is 0 Å². The Morgan fingerprint density at radius 2 is 1.96 bits per heavy atom. The van der Waals surface area contributed by atoms with Crippen molar-refractivity contribution in [3.63, 3.8) is 0 Å². The summed E-state index contributed by atoms with van der Waals surface area (Å²) in [4.78, 5) is 35.2. The Morgan fingerprint density at radius 1 is 1.23 bits per heavy atom. The van der Waals surface area contributed by atoms with Crippen LogP contribution in [0.15, 0.2) is 45.2 Å². The van der Waals surface area contributed by atoms with Crippen molar-refractivity contribution in [3.05, 3.63) is 45.8 Å². The van der Waals surface area contributed by atoms with Gasteiger partial charge in [-0.1, -0.05) is 41.8 Å². The highest BCUT2D eigenvalue weighted by Crippen LogP contribution is 2.46. The number of rotatable bonds is 4. The summed E-state index contributed by atoms with van der Waals surface area (Å²) < 4.78 is 11.3. The highest BCUT2D eigenvalue weighted by Gasteiger charge is 2.36. The summed E-state index contributed by atoms with van der Waals surface area (Å²) in [6.45, 7) is 4.90. The van der Waals surface area contributed by atoms with E-state index in [1.54, 1.807) is 17.8 Å². The number of amides is 1. The first kappa shape index (κ1) is 19.7. The molecular formula is C16H17N2O4PS3. The zero-order valence-corrected chi connectivity index (χ0v) is 17.4. The fraction of sp³-hybridized carbons (Fsp3) is 0.250. The van der Waals surface area contributed by atoms with Crippen molar-refractivity contribution in [2.24, 2.45) is 0 Å². The molecule has 0 radical (unpaired) electrons. The number of anilines is 1. The van der Waals surface area contributed by atoms with Gasteiger partial charge < -0.3 is 14.7 Å². The predicted molar refractivity (Wildman–Crippen MR) is 110 cm³/mol. The van der Waals surface area contributed by atoms with Gasteiger partial charge in [0.1, 0.15) is 10.6 Å². The van der Waals surface area contributed by atoms with Gasteiger partial charge in [-0.15, -0.1) is 0 Å². The van der Waals surface area contributed by atoms with Crippen LogP contribution in [0, 0.1) is 6.92 Å². The Labute approximate surface area is 165 Å². The summed E-state index contributed by atoms with van der Waals surface area (Å²) in [6.07, 6.45) is 2.84. The predicted octanol–water partition coefficient (Wildman–Crippen LogP) is 3.65. The van der Waals surface area contributed by atoms with Crippen LogP contribution in [0.3, 0.4) is 0 Å². The Hall–Kier alpha value is -1.09. The minimum Gasteiger partial charge on any atom is -0.335 e. The van der Waals surface area contributed by atoms with Crippen molar-refractivity contribution in [2.45, 2.75) is 18.7 Å². The van der Waals surface area contributed by atoms with Gasteiger partial charge in [-0.2, -0.15) is 0 Å². The first-order valence-electron chi connectivity index (χ1n) is 7.76. The monoisotopic (exact) mass is 428 g/mol. The van der Waals surface area contributed by atoms with E-state index in [2.05, 4.69) is 30.0 Å². The molecule has 0 bridgehead atoms. The number of carbonyl (C=O) groups is 1. The van der Waals surface area contributed by atoms with Crippen LogP contribution >= 0.6 is 43.3 Å². The molecule has 0 atom stereocenters. The van der Waals surface area contributed by atoms with E-state index in [0.717, 1.165) is 38.8 Å². The second kappa shape index (κ2) is 7.50. The van der Waals surface area contributed by atoms with E-state index >= 15 is 0 Å². The zero-order chi connectivity index (χ0) is 19.1. The van der Waals surface area contributed by atoms with E-state index in [1.807, 2.05) is 13.0 Å². The average molecular weight is 428 g/mol. The van der Waals surface area contributed by atoms with E-state index in [1.165, 1.54) is 5.56 Å². The van der Waals surface area contributed by atoms with E-state index in [4.69, 9.17) is 22.0 Å². The number of benzene rings is 1. The molecule has 2 heterocycles. The molecule has 0 aromatic heterocycles. The molecule has 2 aliphatic heterocycles. The number of carbonyl (C=O) groups excluding carboxylic acids is 1. The molecule has 1 aromatic carbocycles. The molecule has 0 saturated carbocycles. The topological polar surface area (TPSA) is 81.1 Å². The van der Waals surface area contributed by atoms with Crippen LogP contribution < -0.4 is 4.90 Å². The number of fused-ring (bicyclic) bond motifs is 1. The molecule has 26 heavy (non-hydrogen) atoms. The third kappa shape index (κ3) is 4.08. The number of allylic oxidation sites excluding steroid dienone is 2. The van der Waals surface area contributed by atoms with Gasteiger partial charge in [0.15, 0.2) is 0 Å². The molecule has 6 nitrogen and oxygen atoms in total. The van der Waals surface area contributed by atoms with Gasteiger partial charge in [0.2, 0.25) is 0 Å². The molecule has 138 valence electrons. The Kier molecular flexibility index (Phi) is 5.67. The molecule has 1 saturated heterocycles. The summed E-state index contributed by atoms with van der Waals surface area (Å²) in [6, 6.07) is 6.28. The fourth-order valence-electron chi connectivity index (χ4n) is 2.63. The maximum Gasteiger partial charge on any atom is 0.345 e. The van der Waals surface area contributed by atoms with Crippen LogP contribution in [-0.2, 0) is 9.36 Å². The van der Waals surface area contributed by atoms with Crippen molar-refractivity contribution in [1.82, 2.24) is 4.90 Å². The van der Waals surface area contributed by atoms with Crippen LogP contribution in [0.1, 0.15) is 12.5 Å². The second-order valence-electron chi connectivity index (χ2n) is 5.76. The smallest absolute Gasteiger partial charge is 0.335 e. The molecule has 0 unspecified atom stereocenters. The number of thioether (sulfide) groups is 2. The maximum atomic E-state index is 12.4. The maximum absolute atomic E-state index is 12.4. The Morgan fingerprint density at radius 3 is 2.62 bits per heavy atom. The molecular weight excluding hydrogens is 411 g/mol. The molecule has 0 spiro atoms. The van der Waals surface area contributed by atoms with E-state index in [-0.39, 0.29) is 4.32 Å². The minimum atomic E-state index is -4.37. The highest BCUT2D eigenvalue weighted by atomic mass is 32.2. The number of aryl methyl sites for hydroxylation is 1. The lowest BCUT2D eigenvalue weighted by Gasteiger charge is -2.18. The summed E-state index contributed by atoms with van der Waals surface area (Å²) in [5.74, 6) is -0.473. The van der Waals surface area contributed by atoms with Crippen molar-refractivity contribution in [2.75, 3.05) is 17.7 Å². The van der Waals surface area contributed by atoms with Gasteiger partial charge >= 0.3 is 7.60 Å². The lowest BCUT2D eigenvalue weighted by molar-refractivity contribution is -0.121. The first-order valence-corrected chi connectivity index (χ1v) is 11.6. The van der Waals surface area contributed by atoms with Gasteiger partial charge in [0, 0.05) is 11.4 Å². The first-order chi connectivity index (χ1) is 12.2. The second-order valence-corrected chi connectivity index (χ2v) is 10.1. The molecule has 1 aromatic rings. The Balaban J connectivity index is 1.84. The number of hydrogen-bond acceptors (Lipinski definition) is 6. The molecule has 10 heteroatoms. The summed E-state index contributed by atoms with van der Waals surface area (Å²) in [5.41, 5.74) is 2.33. The van der Waals surface area contributed by atoms with Crippen molar-refractivity contribution >= 4 is 59.3 Å². The number of hydrogen-bond donors (Lipinski definition) is 2. The molecule has 3 rings (SSSR count). The SMILES string of the molecule is CCN1/C(=C/C=C2/SC(=S)N(CP(=O)(O)O)C2=O)Sc2ccc(C)cc21. The van der Waals surface area contributed by atoms with E-state index < -0.39 is 19.8 Å². The lowest BCUT2D eigenvalue weighted by Crippen LogP contribution is -2.28. The molecule has 0 aliphatic carbocycles. The minimum absolute atomic E-state index is 0.160. The van der Waals surface area contributed by atoms with Crippen molar-refractivity contribution < 1.29 is 19.1 Å². The third-order valence-electron chi connectivity index (χ3n) is 3.78. The summed E-state index contributed by atoms with van der Waals surface area (Å²) >= 11 is 7.76. The molecule has 1 amide bonds. The zero-order valence-electron chi connectivity index (χ0n) is 14.1. The van der Waals surface area contributed by atoms with Gasteiger partial charge in [-0.05, 0) is 43.7 Å². The van der Waals surface area contributed by atoms with E-state index in [0.29, 0.717) is 4.91 Å². The fourth-order valence-corrected chi connectivity index (χ4v) is 5.76. The van der Waals surface area contributed by atoms with Gasteiger partial charge in [0.05, 0.1) is 15.6 Å². The molecule has 2 N–H and O–H groups in total. The largest absolute Gasteiger partial charge is 0.345 e. The van der Waals surface area contributed by atoms with Gasteiger partial charge in [-0.3, -0.25) is 14.3 Å². The van der Waals surface area contributed by atoms with Crippen LogP contribution in [0.2, 0.25) is 0 Å². The number of nitrogens with zero attached hydrogens (tertiary/aromatic N) is 2. The third-order valence-corrected chi connectivity index (χ3v) is 6.96. The van der Waals surface area contributed by atoms with E-state index in [9.17, 15) is 9.36 Å². The van der Waals surface area contributed by atoms with Gasteiger partial charge in [-0.25, -0.2) is 0 Å². The summed E-state index contributed by atoms with van der Waals surface area (Å²) in [7, 11) is -4.37.